The van der Waals surface area contributed by atoms with Gasteiger partial charge in [0.2, 0.25) is 5.91 Å². The Labute approximate surface area is 174 Å². The van der Waals surface area contributed by atoms with Gasteiger partial charge in [-0.2, -0.15) is 5.26 Å². The molecule has 152 valence electrons. The fourth-order valence-electron chi connectivity index (χ4n) is 3.61. The second-order valence-corrected chi connectivity index (χ2v) is 7.95. The van der Waals surface area contributed by atoms with E-state index >= 15 is 0 Å². The molecule has 1 saturated heterocycles. The Bertz CT molecular complexity index is 818. The van der Waals surface area contributed by atoms with Gasteiger partial charge >= 0.3 is 0 Å². The van der Waals surface area contributed by atoms with E-state index in [1.807, 2.05) is 35.2 Å². The smallest absolute Gasteiger partial charge is 0.236 e. The molecule has 1 aliphatic heterocycles. The maximum atomic E-state index is 12.9. The first-order chi connectivity index (χ1) is 14.0. The predicted molar refractivity (Wildman–Crippen MR) is 115 cm³/mol. The molecule has 1 aliphatic rings. The molecule has 0 saturated carbocycles. The first kappa shape index (κ1) is 21.0. The number of benzene rings is 2. The van der Waals surface area contributed by atoms with E-state index in [-0.39, 0.29) is 11.9 Å². The van der Waals surface area contributed by atoms with Crippen molar-refractivity contribution in [2.45, 2.75) is 33.0 Å². The van der Waals surface area contributed by atoms with Gasteiger partial charge in [0.15, 0.2) is 0 Å². The van der Waals surface area contributed by atoms with Gasteiger partial charge in [-0.1, -0.05) is 42.5 Å². The molecule has 0 atom stereocenters. The lowest BCUT2D eigenvalue weighted by atomic mass is 10.1. The van der Waals surface area contributed by atoms with Crippen LogP contribution in [0.4, 0.5) is 0 Å². The zero-order valence-corrected chi connectivity index (χ0v) is 17.4. The Hall–Kier alpha value is -2.68. The van der Waals surface area contributed by atoms with Crippen LogP contribution in [0.3, 0.4) is 0 Å². The lowest BCUT2D eigenvalue weighted by molar-refractivity contribution is -0.134. The number of nitriles is 1. The number of amides is 1. The number of carbonyl (C=O) groups is 1. The molecule has 0 bridgehead atoms. The summed E-state index contributed by atoms with van der Waals surface area (Å²) in [4.78, 5) is 19.5. The van der Waals surface area contributed by atoms with Crippen LogP contribution in [-0.2, 0) is 17.9 Å². The average molecular weight is 391 g/mol. The summed E-state index contributed by atoms with van der Waals surface area (Å²) in [7, 11) is 0. The van der Waals surface area contributed by atoms with Crippen molar-refractivity contribution in [2.75, 3.05) is 32.7 Å². The highest BCUT2D eigenvalue weighted by atomic mass is 16.2. The van der Waals surface area contributed by atoms with Gasteiger partial charge < -0.3 is 4.90 Å². The van der Waals surface area contributed by atoms with E-state index in [9.17, 15) is 4.79 Å². The second-order valence-electron chi connectivity index (χ2n) is 7.95. The summed E-state index contributed by atoms with van der Waals surface area (Å²) in [5.41, 5.74) is 3.10. The summed E-state index contributed by atoms with van der Waals surface area (Å²) in [6.45, 7) is 9.72. The second kappa shape index (κ2) is 10.2. The Morgan fingerprint density at radius 1 is 1.00 bits per heavy atom. The van der Waals surface area contributed by atoms with Gasteiger partial charge in [0.05, 0.1) is 18.2 Å². The molecular weight excluding hydrogens is 360 g/mol. The molecule has 0 aliphatic carbocycles. The van der Waals surface area contributed by atoms with E-state index in [1.165, 1.54) is 5.56 Å². The van der Waals surface area contributed by atoms with Crippen LogP contribution in [0.25, 0.3) is 0 Å². The van der Waals surface area contributed by atoms with Crippen molar-refractivity contribution in [1.29, 1.82) is 5.26 Å². The van der Waals surface area contributed by atoms with Crippen molar-refractivity contribution in [3.63, 3.8) is 0 Å². The molecular formula is C24H30N4O. The molecule has 5 nitrogen and oxygen atoms in total. The maximum absolute atomic E-state index is 12.9. The number of nitrogens with zero attached hydrogens (tertiary/aromatic N) is 4. The highest BCUT2D eigenvalue weighted by Gasteiger charge is 2.23. The lowest BCUT2D eigenvalue weighted by Crippen LogP contribution is -2.51. The first-order valence-electron chi connectivity index (χ1n) is 10.3. The molecule has 0 radical (unpaired) electrons. The van der Waals surface area contributed by atoms with Gasteiger partial charge in [-0.15, -0.1) is 0 Å². The zero-order valence-electron chi connectivity index (χ0n) is 17.4. The van der Waals surface area contributed by atoms with Crippen LogP contribution in [-0.4, -0.2) is 59.4 Å². The van der Waals surface area contributed by atoms with Crippen LogP contribution in [0.15, 0.2) is 54.6 Å². The molecule has 1 heterocycles. The molecule has 2 aromatic rings. The van der Waals surface area contributed by atoms with Crippen molar-refractivity contribution in [1.82, 2.24) is 14.7 Å². The van der Waals surface area contributed by atoms with E-state index in [2.05, 4.69) is 54.0 Å². The highest BCUT2D eigenvalue weighted by Crippen LogP contribution is 2.12. The molecule has 0 unspecified atom stereocenters. The van der Waals surface area contributed by atoms with Gasteiger partial charge in [0.25, 0.3) is 0 Å². The van der Waals surface area contributed by atoms with Gasteiger partial charge in [-0.25, -0.2) is 0 Å². The predicted octanol–water partition coefficient (Wildman–Crippen LogP) is 3.11. The van der Waals surface area contributed by atoms with Crippen molar-refractivity contribution in [3.8, 4) is 6.07 Å². The number of hydrogen-bond acceptors (Lipinski definition) is 4. The van der Waals surface area contributed by atoms with Crippen LogP contribution in [0.5, 0.6) is 0 Å². The van der Waals surface area contributed by atoms with Crippen LogP contribution in [0, 0.1) is 11.3 Å². The quantitative estimate of drug-likeness (QED) is 0.729. The topological polar surface area (TPSA) is 50.6 Å². The molecule has 1 fully saturated rings. The van der Waals surface area contributed by atoms with Gasteiger partial charge in [-0.3, -0.25) is 14.6 Å². The standard InChI is InChI=1S/C24H30N4O/c1-20(2)28(18-23-10-8-21(16-25)9-11-23)19-24(29)27-14-12-26(13-15-27)17-22-6-4-3-5-7-22/h3-11,20H,12-15,17-19H2,1-2H3. The molecule has 0 N–H and O–H groups in total. The summed E-state index contributed by atoms with van der Waals surface area (Å²) in [6, 6.07) is 20.5. The fraction of sp³-hybridized carbons (Fsp3) is 0.417. The monoisotopic (exact) mass is 390 g/mol. The number of piperazine rings is 1. The van der Waals surface area contributed by atoms with Crippen LogP contribution >= 0.6 is 0 Å². The summed E-state index contributed by atoms with van der Waals surface area (Å²) in [6.07, 6.45) is 0. The van der Waals surface area contributed by atoms with E-state index < -0.39 is 0 Å². The molecule has 0 aromatic heterocycles. The largest absolute Gasteiger partial charge is 0.339 e. The van der Waals surface area contributed by atoms with E-state index in [4.69, 9.17) is 5.26 Å². The molecule has 5 heteroatoms. The Morgan fingerprint density at radius 3 is 2.24 bits per heavy atom. The number of hydrogen-bond donors (Lipinski definition) is 0. The molecule has 1 amide bonds. The third kappa shape index (κ3) is 6.15. The minimum atomic E-state index is 0.201. The third-order valence-electron chi connectivity index (χ3n) is 5.51. The summed E-state index contributed by atoms with van der Waals surface area (Å²) >= 11 is 0. The van der Waals surface area contributed by atoms with Crippen molar-refractivity contribution >= 4 is 5.91 Å². The normalized spacial score (nSPS) is 14.9. The fourth-order valence-corrected chi connectivity index (χ4v) is 3.61. The van der Waals surface area contributed by atoms with Crippen LogP contribution in [0.2, 0.25) is 0 Å². The van der Waals surface area contributed by atoms with Crippen molar-refractivity contribution < 1.29 is 4.79 Å². The molecule has 29 heavy (non-hydrogen) atoms. The lowest BCUT2D eigenvalue weighted by Gasteiger charge is -2.36. The summed E-state index contributed by atoms with van der Waals surface area (Å²) < 4.78 is 0. The van der Waals surface area contributed by atoms with E-state index in [0.29, 0.717) is 18.7 Å². The van der Waals surface area contributed by atoms with Crippen LogP contribution in [0.1, 0.15) is 30.5 Å². The van der Waals surface area contributed by atoms with Gasteiger partial charge in [0, 0.05) is 45.3 Å². The highest BCUT2D eigenvalue weighted by molar-refractivity contribution is 5.78. The zero-order chi connectivity index (χ0) is 20.6. The number of carbonyl (C=O) groups excluding carboxylic acids is 1. The van der Waals surface area contributed by atoms with E-state index in [0.717, 1.165) is 38.3 Å². The Balaban J connectivity index is 1.50. The maximum Gasteiger partial charge on any atom is 0.236 e. The van der Waals surface area contributed by atoms with E-state index in [1.54, 1.807) is 0 Å². The molecule has 3 rings (SSSR count). The van der Waals surface area contributed by atoms with Gasteiger partial charge in [-0.05, 0) is 37.1 Å². The number of rotatable bonds is 7. The summed E-state index contributed by atoms with van der Waals surface area (Å²) in [5, 5.41) is 8.95. The SMILES string of the molecule is CC(C)N(CC(=O)N1CCN(Cc2ccccc2)CC1)Cc1ccc(C#N)cc1. The molecule has 0 spiro atoms. The summed E-state index contributed by atoms with van der Waals surface area (Å²) in [5.74, 6) is 0.201. The Kier molecular flexibility index (Phi) is 7.40. The van der Waals surface area contributed by atoms with Crippen molar-refractivity contribution in [3.05, 3.63) is 71.3 Å². The molecule has 2 aromatic carbocycles. The average Bonchev–Trinajstić information content (AvgIpc) is 2.75. The van der Waals surface area contributed by atoms with Crippen LogP contribution < -0.4 is 0 Å². The van der Waals surface area contributed by atoms with Crippen molar-refractivity contribution in [2.24, 2.45) is 0 Å². The first-order valence-corrected chi connectivity index (χ1v) is 10.3. The van der Waals surface area contributed by atoms with Gasteiger partial charge in [0.1, 0.15) is 0 Å². The third-order valence-corrected chi connectivity index (χ3v) is 5.51. The Morgan fingerprint density at radius 2 is 1.66 bits per heavy atom. The minimum absolute atomic E-state index is 0.201. The minimum Gasteiger partial charge on any atom is -0.339 e.